The zero-order valence-electron chi connectivity index (χ0n) is 21.5. The van der Waals surface area contributed by atoms with Crippen LogP contribution in [-0.4, -0.2) is 60.5 Å². The summed E-state index contributed by atoms with van der Waals surface area (Å²) >= 11 is 0. The first-order valence-electron chi connectivity index (χ1n) is 12.9. The van der Waals surface area contributed by atoms with Gasteiger partial charge < -0.3 is 24.4 Å². The van der Waals surface area contributed by atoms with Gasteiger partial charge in [0, 0.05) is 44.4 Å². The summed E-state index contributed by atoms with van der Waals surface area (Å²) in [4.78, 5) is 44.5. The third-order valence-electron chi connectivity index (χ3n) is 7.44. The average molecular weight is 505 g/mol. The summed E-state index contributed by atoms with van der Waals surface area (Å²) in [5, 5.41) is 11.7. The van der Waals surface area contributed by atoms with Crippen molar-refractivity contribution in [3.05, 3.63) is 64.7 Å². The number of carbonyl (C=O) groups excluding carboxylic acids is 3. The molecule has 2 amide bonds. The van der Waals surface area contributed by atoms with Crippen LogP contribution in [0.5, 0.6) is 5.75 Å². The molecule has 1 N–H and O–H groups in total. The topological polar surface area (TPSA) is 96.4 Å². The zero-order chi connectivity index (χ0) is 26.3. The van der Waals surface area contributed by atoms with Crippen molar-refractivity contribution in [2.75, 3.05) is 31.7 Å². The Kier molecular flexibility index (Phi) is 6.54. The highest BCUT2D eigenvalue weighted by molar-refractivity contribution is 6.50. The Morgan fingerprint density at radius 3 is 2.68 bits per heavy atom. The van der Waals surface area contributed by atoms with Crippen molar-refractivity contribution in [3.63, 3.8) is 0 Å². The molecule has 1 saturated heterocycles. The minimum atomic E-state index is -1.74. The maximum atomic E-state index is 14.4. The Morgan fingerprint density at radius 1 is 1.14 bits per heavy atom. The molecule has 0 aliphatic carbocycles. The smallest absolute Gasteiger partial charge is 0.296 e. The summed E-state index contributed by atoms with van der Waals surface area (Å²) in [6.45, 7) is 4.94. The van der Waals surface area contributed by atoms with E-state index in [1.165, 1.54) is 4.90 Å². The SMILES string of the molecule is CCCCN1C(=O)C2(C(=C(O)c3ccc4c(c3)CC(C)O4)C(=O)C(=O)N2CCCOC)c2ccccc21. The molecule has 0 aromatic heterocycles. The number of amides is 2. The minimum absolute atomic E-state index is 0.00719. The summed E-state index contributed by atoms with van der Waals surface area (Å²) in [5.74, 6) is -1.67. The quantitative estimate of drug-likeness (QED) is 0.255. The van der Waals surface area contributed by atoms with Crippen LogP contribution in [0.3, 0.4) is 0 Å². The molecule has 0 radical (unpaired) electrons. The first-order chi connectivity index (χ1) is 17.9. The lowest BCUT2D eigenvalue weighted by molar-refractivity contribution is -0.143. The summed E-state index contributed by atoms with van der Waals surface area (Å²) in [6, 6.07) is 12.4. The predicted octanol–water partition coefficient (Wildman–Crippen LogP) is 3.77. The number of likely N-dealkylation sites (tertiary alicyclic amines) is 1. The van der Waals surface area contributed by atoms with Crippen molar-refractivity contribution in [3.8, 4) is 5.75 Å². The fourth-order valence-corrected chi connectivity index (χ4v) is 5.79. The molecule has 2 aromatic rings. The molecule has 8 nitrogen and oxygen atoms in total. The van der Waals surface area contributed by atoms with E-state index in [0.29, 0.717) is 42.8 Å². The van der Waals surface area contributed by atoms with Crippen molar-refractivity contribution >= 4 is 29.0 Å². The highest BCUT2D eigenvalue weighted by Crippen LogP contribution is 2.53. The average Bonchev–Trinajstić information content (AvgIpc) is 3.46. The van der Waals surface area contributed by atoms with Gasteiger partial charge in [-0.1, -0.05) is 31.5 Å². The minimum Gasteiger partial charge on any atom is -0.507 e. The molecule has 2 aromatic carbocycles. The lowest BCUT2D eigenvalue weighted by atomic mass is 9.81. The standard InChI is InChI=1S/C29H32N2O6/c1-4-5-13-30-22-10-7-6-9-21(22)29(28(30)35)24(26(33)27(34)31(29)14-8-15-36-3)25(32)19-11-12-23-20(17-19)16-18(2)37-23/h6-7,9-12,17-18,32H,4-5,8,13-16H2,1-3H3. The van der Waals surface area contributed by atoms with Crippen molar-refractivity contribution in [1.29, 1.82) is 0 Å². The van der Waals surface area contributed by atoms with Gasteiger partial charge in [-0.25, -0.2) is 0 Å². The van der Waals surface area contributed by atoms with Crippen LogP contribution in [0.25, 0.3) is 5.76 Å². The summed E-state index contributed by atoms with van der Waals surface area (Å²) in [7, 11) is 1.56. The zero-order valence-corrected chi connectivity index (χ0v) is 21.5. The van der Waals surface area contributed by atoms with Crippen LogP contribution in [0.1, 0.15) is 49.8 Å². The first kappa shape index (κ1) is 25.0. The number of hydrogen-bond acceptors (Lipinski definition) is 6. The fourth-order valence-electron chi connectivity index (χ4n) is 5.79. The summed E-state index contributed by atoms with van der Waals surface area (Å²) in [6.07, 6.45) is 2.74. The van der Waals surface area contributed by atoms with Gasteiger partial charge >= 0.3 is 0 Å². The largest absolute Gasteiger partial charge is 0.507 e. The number of ketones is 1. The lowest BCUT2D eigenvalue weighted by Gasteiger charge is -2.34. The summed E-state index contributed by atoms with van der Waals surface area (Å²) < 4.78 is 11.0. The molecule has 3 aliphatic rings. The van der Waals surface area contributed by atoms with E-state index in [1.807, 2.05) is 26.0 Å². The first-order valence-corrected chi connectivity index (χ1v) is 12.9. The van der Waals surface area contributed by atoms with Crippen molar-refractivity contribution in [2.24, 2.45) is 0 Å². The van der Waals surface area contributed by atoms with Crippen molar-refractivity contribution in [2.45, 2.75) is 51.2 Å². The molecule has 0 saturated carbocycles. The van der Waals surface area contributed by atoms with Crippen LogP contribution in [0.2, 0.25) is 0 Å². The monoisotopic (exact) mass is 504 g/mol. The van der Waals surface area contributed by atoms with Gasteiger partial charge in [-0.2, -0.15) is 0 Å². The number of methoxy groups -OCH3 is 1. The molecule has 3 aliphatic heterocycles. The second kappa shape index (κ2) is 9.67. The maximum Gasteiger partial charge on any atom is 0.296 e. The molecule has 1 spiro atoms. The number of carbonyl (C=O) groups is 3. The van der Waals surface area contributed by atoms with Crippen LogP contribution < -0.4 is 9.64 Å². The van der Waals surface area contributed by atoms with Crippen LogP contribution in [0, 0.1) is 0 Å². The molecule has 2 unspecified atom stereocenters. The molecule has 37 heavy (non-hydrogen) atoms. The Balaban J connectivity index is 1.74. The predicted molar refractivity (Wildman–Crippen MR) is 138 cm³/mol. The second-order valence-electron chi connectivity index (χ2n) is 9.85. The number of rotatable bonds is 8. The Labute approximate surface area is 216 Å². The fraction of sp³-hybridized carbons (Fsp3) is 0.414. The molecule has 8 heteroatoms. The molecule has 194 valence electrons. The number of unbranched alkanes of at least 4 members (excludes halogenated alkanes) is 1. The van der Waals surface area contributed by atoms with E-state index in [9.17, 15) is 19.5 Å². The highest BCUT2D eigenvalue weighted by atomic mass is 16.5. The van der Waals surface area contributed by atoms with Gasteiger partial charge in [-0.3, -0.25) is 14.4 Å². The number of nitrogens with zero attached hydrogens (tertiary/aromatic N) is 2. The van der Waals surface area contributed by atoms with Crippen molar-refractivity contribution < 1.29 is 29.0 Å². The van der Waals surface area contributed by atoms with Gasteiger partial charge in [0.05, 0.1) is 11.3 Å². The van der Waals surface area contributed by atoms with E-state index in [1.54, 1.807) is 42.3 Å². The third kappa shape index (κ3) is 3.73. The lowest BCUT2D eigenvalue weighted by Crippen LogP contribution is -2.52. The van der Waals surface area contributed by atoms with Gasteiger partial charge in [-0.05, 0) is 49.6 Å². The maximum absolute atomic E-state index is 14.4. The molecular weight excluding hydrogens is 472 g/mol. The van der Waals surface area contributed by atoms with Gasteiger partial charge in [0.25, 0.3) is 17.6 Å². The Bertz CT molecular complexity index is 1300. The van der Waals surface area contributed by atoms with E-state index in [2.05, 4.69) is 0 Å². The van der Waals surface area contributed by atoms with Crippen LogP contribution in [0.15, 0.2) is 48.0 Å². The van der Waals surface area contributed by atoms with E-state index >= 15 is 0 Å². The molecule has 5 rings (SSSR count). The van der Waals surface area contributed by atoms with Gasteiger partial charge in [-0.15, -0.1) is 0 Å². The van der Waals surface area contributed by atoms with Crippen molar-refractivity contribution in [1.82, 2.24) is 4.90 Å². The van der Waals surface area contributed by atoms with E-state index in [4.69, 9.17) is 9.47 Å². The number of aliphatic hydroxyl groups is 1. The van der Waals surface area contributed by atoms with E-state index in [0.717, 1.165) is 24.2 Å². The molecule has 0 bridgehead atoms. The van der Waals surface area contributed by atoms with Gasteiger partial charge in [0.1, 0.15) is 17.6 Å². The third-order valence-corrected chi connectivity index (χ3v) is 7.44. The number of aliphatic hydroxyl groups excluding tert-OH is 1. The number of fused-ring (bicyclic) bond motifs is 3. The number of para-hydroxylation sites is 1. The molecule has 2 atom stereocenters. The van der Waals surface area contributed by atoms with Crippen LogP contribution in [0.4, 0.5) is 5.69 Å². The molecule has 1 fully saturated rings. The number of Topliss-reactive ketones (excluding diaryl/α,β-unsaturated/α-hetero) is 1. The van der Waals surface area contributed by atoms with E-state index in [-0.39, 0.29) is 24.0 Å². The number of benzene rings is 2. The van der Waals surface area contributed by atoms with E-state index < -0.39 is 23.1 Å². The summed E-state index contributed by atoms with van der Waals surface area (Å²) in [5.41, 5.74) is 0.553. The Morgan fingerprint density at radius 2 is 1.92 bits per heavy atom. The number of anilines is 1. The molecular formula is C29H32N2O6. The van der Waals surface area contributed by atoms with Gasteiger partial charge in [0.2, 0.25) is 0 Å². The second-order valence-corrected chi connectivity index (χ2v) is 9.85. The highest BCUT2D eigenvalue weighted by Gasteiger charge is 2.66. The van der Waals surface area contributed by atoms with Crippen LogP contribution in [-0.2, 0) is 31.1 Å². The van der Waals surface area contributed by atoms with Gasteiger partial charge in [0.15, 0.2) is 5.54 Å². The van der Waals surface area contributed by atoms with Crippen LogP contribution >= 0.6 is 0 Å². The molecule has 3 heterocycles. The number of ether oxygens (including phenoxy) is 2. The normalized spacial score (nSPS) is 23.6. The Hall–Kier alpha value is -3.65. The number of hydrogen-bond donors (Lipinski definition) is 1.